The summed E-state index contributed by atoms with van der Waals surface area (Å²) in [4.78, 5) is 34.7. The van der Waals surface area contributed by atoms with E-state index in [0.717, 1.165) is 38.7 Å². The lowest BCUT2D eigenvalue weighted by Gasteiger charge is -2.40. The maximum Gasteiger partial charge on any atom is 0.255 e. The highest BCUT2D eigenvalue weighted by Gasteiger charge is 2.40. The lowest BCUT2D eigenvalue weighted by molar-refractivity contribution is 0.0466. The minimum Gasteiger partial charge on any atom is -0.335 e. The normalized spacial score (nSPS) is 19.1. The fraction of sp³-hybridized carbons (Fsp3) is 0.414. The lowest BCUT2D eigenvalue weighted by atomic mass is 10.1. The number of anilines is 2. The molecule has 9 nitrogen and oxygen atoms in total. The third-order valence-corrected chi connectivity index (χ3v) is 8.00. The van der Waals surface area contributed by atoms with Gasteiger partial charge in [-0.15, -0.1) is 0 Å². The van der Waals surface area contributed by atoms with Gasteiger partial charge in [-0.2, -0.15) is 0 Å². The summed E-state index contributed by atoms with van der Waals surface area (Å²) in [6, 6.07) is 7.22. The number of aryl methyl sites for hydroxylation is 1. The molecule has 1 amide bonds. The minimum absolute atomic E-state index is 0.0275. The van der Waals surface area contributed by atoms with Crippen LogP contribution in [0.1, 0.15) is 55.8 Å². The zero-order valence-corrected chi connectivity index (χ0v) is 23.0. The van der Waals surface area contributed by atoms with Crippen molar-refractivity contribution in [3.05, 3.63) is 59.7 Å². The van der Waals surface area contributed by atoms with Crippen LogP contribution in [0.15, 0.2) is 36.7 Å². The smallest absolute Gasteiger partial charge is 0.255 e. The Bertz CT molecular complexity index is 1570. The molecule has 2 aliphatic heterocycles. The Morgan fingerprint density at radius 1 is 1.05 bits per heavy atom. The number of likely N-dealkylation sites (tertiary alicyclic amines) is 1. The average Bonchev–Trinajstić information content (AvgIpc) is 3.41. The topological polar surface area (TPSA) is 92.1 Å². The van der Waals surface area contributed by atoms with Crippen LogP contribution in [0.3, 0.4) is 0 Å². The van der Waals surface area contributed by atoms with Crippen molar-refractivity contribution in [3.8, 4) is 11.3 Å². The third kappa shape index (κ3) is 4.57. The van der Waals surface area contributed by atoms with E-state index in [9.17, 15) is 13.6 Å². The molecule has 4 aromatic rings. The molecule has 208 valence electrons. The van der Waals surface area contributed by atoms with Gasteiger partial charge in [0.05, 0.1) is 17.3 Å². The maximum absolute atomic E-state index is 15.0. The molecule has 6 rings (SSSR count). The number of imidazole rings is 1. The summed E-state index contributed by atoms with van der Waals surface area (Å²) in [6.45, 7) is 10.4. The van der Waals surface area contributed by atoms with Crippen LogP contribution in [0.2, 0.25) is 0 Å². The van der Waals surface area contributed by atoms with Gasteiger partial charge in [0.1, 0.15) is 22.9 Å². The molecule has 0 radical (unpaired) electrons. The second-order valence-electron chi connectivity index (χ2n) is 10.8. The molecule has 2 unspecified atom stereocenters. The van der Waals surface area contributed by atoms with Crippen molar-refractivity contribution in [2.75, 3.05) is 25.0 Å². The van der Waals surface area contributed by atoms with Crippen molar-refractivity contribution in [2.45, 2.75) is 58.7 Å². The van der Waals surface area contributed by atoms with Crippen molar-refractivity contribution in [1.82, 2.24) is 34.3 Å². The molecule has 40 heavy (non-hydrogen) atoms. The summed E-state index contributed by atoms with van der Waals surface area (Å²) < 4.78 is 31.7. The van der Waals surface area contributed by atoms with Crippen molar-refractivity contribution < 1.29 is 13.6 Å². The van der Waals surface area contributed by atoms with Crippen LogP contribution in [0, 0.1) is 18.6 Å². The Morgan fingerprint density at radius 3 is 2.45 bits per heavy atom. The number of carbonyl (C=O) groups excluding carboxylic acids is 1. The van der Waals surface area contributed by atoms with Gasteiger partial charge in [-0.25, -0.2) is 28.7 Å². The monoisotopic (exact) mass is 546 g/mol. The largest absolute Gasteiger partial charge is 0.335 e. The second-order valence-corrected chi connectivity index (χ2v) is 10.8. The SMILES string of the molecule is CCN1C2CCC1CN(C(=O)c1ccc(Nc3ncc(F)c(-c4cc(F)c5nc(C)n(C(C)C)c5c4)n3)nc1)C2. The Morgan fingerprint density at radius 2 is 1.80 bits per heavy atom. The molecule has 0 aliphatic carbocycles. The van der Waals surface area contributed by atoms with Crippen LogP contribution in [0.5, 0.6) is 0 Å². The number of hydrogen-bond donors (Lipinski definition) is 1. The van der Waals surface area contributed by atoms with Crippen molar-refractivity contribution in [3.63, 3.8) is 0 Å². The zero-order valence-electron chi connectivity index (χ0n) is 23.0. The van der Waals surface area contributed by atoms with Gasteiger partial charge in [-0.05, 0) is 64.4 Å². The molecule has 11 heteroatoms. The number of nitrogens with zero attached hydrogens (tertiary/aromatic N) is 7. The molecule has 1 aromatic carbocycles. The van der Waals surface area contributed by atoms with Crippen molar-refractivity contribution in [1.29, 1.82) is 0 Å². The number of likely N-dealkylation sites (N-methyl/N-ethyl adjacent to an activating group) is 1. The van der Waals surface area contributed by atoms with Crippen LogP contribution in [0.25, 0.3) is 22.3 Å². The van der Waals surface area contributed by atoms with E-state index in [-0.39, 0.29) is 34.7 Å². The summed E-state index contributed by atoms with van der Waals surface area (Å²) in [6.07, 6.45) is 4.83. The molecule has 2 aliphatic rings. The first-order valence-corrected chi connectivity index (χ1v) is 13.7. The van der Waals surface area contributed by atoms with Gasteiger partial charge in [0, 0.05) is 43.0 Å². The molecule has 2 atom stereocenters. The highest BCUT2D eigenvalue weighted by atomic mass is 19.1. The van der Waals surface area contributed by atoms with Gasteiger partial charge in [0.25, 0.3) is 5.91 Å². The van der Waals surface area contributed by atoms with E-state index < -0.39 is 11.6 Å². The quantitative estimate of drug-likeness (QED) is 0.359. The van der Waals surface area contributed by atoms with Gasteiger partial charge in [0.2, 0.25) is 5.95 Å². The lowest BCUT2D eigenvalue weighted by Crippen LogP contribution is -2.55. The predicted octanol–water partition coefficient (Wildman–Crippen LogP) is 5.11. The van der Waals surface area contributed by atoms with Gasteiger partial charge in [-0.3, -0.25) is 9.69 Å². The van der Waals surface area contributed by atoms with Crippen molar-refractivity contribution in [2.24, 2.45) is 0 Å². The number of aromatic nitrogens is 5. The third-order valence-electron chi connectivity index (χ3n) is 8.00. The Labute approximate surface area is 231 Å². The first-order chi connectivity index (χ1) is 19.2. The summed E-state index contributed by atoms with van der Waals surface area (Å²) in [5.41, 5.74) is 1.56. The number of fused-ring (bicyclic) bond motifs is 3. The molecular formula is C29H32F2N8O. The first-order valence-electron chi connectivity index (χ1n) is 13.7. The van der Waals surface area contributed by atoms with E-state index in [1.54, 1.807) is 18.2 Å². The maximum atomic E-state index is 15.0. The molecule has 1 N–H and O–H groups in total. The number of hydrogen-bond acceptors (Lipinski definition) is 7. The van der Waals surface area contributed by atoms with Crippen LogP contribution >= 0.6 is 0 Å². The molecule has 0 saturated carbocycles. The molecule has 2 fully saturated rings. The zero-order chi connectivity index (χ0) is 28.1. The van der Waals surface area contributed by atoms with Gasteiger partial charge < -0.3 is 14.8 Å². The number of amides is 1. The average molecular weight is 547 g/mol. The number of nitrogens with one attached hydrogen (secondary N) is 1. The number of halogens is 2. The van der Waals surface area contributed by atoms with E-state index >= 15 is 0 Å². The van der Waals surface area contributed by atoms with Crippen LogP contribution < -0.4 is 5.32 Å². The van der Waals surface area contributed by atoms with Crippen molar-refractivity contribution >= 4 is 28.7 Å². The number of benzene rings is 1. The van der Waals surface area contributed by atoms with E-state index in [4.69, 9.17) is 0 Å². The van der Waals surface area contributed by atoms with E-state index in [1.807, 2.05) is 30.2 Å². The number of pyridine rings is 1. The highest BCUT2D eigenvalue weighted by Crippen LogP contribution is 2.32. The van der Waals surface area contributed by atoms with Gasteiger partial charge >= 0.3 is 0 Å². The standard InChI is InChI=1S/C29H32F2N8O/c1-5-38-20-7-8-21(38)15-37(14-20)28(40)18-6-9-25(32-12-18)35-29-33-13-23(31)26(36-29)19-10-22(30)27-24(11-19)39(16(2)3)17(4)34-27/h6,9-13,16,20-21H,5,7-8,14-15H2,1-4H3,(H,32,33,35,36). The fourth-order valence-corrected chi connectivity index (χ4v) is 6.25. The Hall–Kier alpha value is -3.99. The summed E-state index contributed by atoms with van der Waals surface area (Å²) >= 11 is 0. The number of carbonyl (C=O) groups is 1. The summed E-state index contributed by atoms with van der Waals surface area (Å²) in [7, 11) is 0. The van der Waals surface area contributed by atoms with Gasteiger partial charge in [0.15, 0.2) is 11.6 Å². The van der Waals surface area contributed by atoms with Crippen LogP contribution in [-0.4, -0.2) is 71.9 Å². The molecular weight excluding hydrogens is 514 g/mol. The fourth-order valence-electron chi connectivity index (χ4n) is 6.25. The van der Waals surface area contributed by atoms with Crippen LogP contribution in [-0.2, 0) is 0 Å². The summed E-state index contributed by atoms with van der Waals surface area (Å²) in [5, 5.41) is 2.97. The molecule has 2 bridgehead atoms. The van der Waals surface area contributed by atoms with E-state index in [1.165, 1.54) is 12.3 Å². The van der Waals surface area contributed by atoms with E-state index in [2.05, 4.69) is 37.1 Å². The Balaban J connectivity index is 1.22. The van der Waals surface area contributed by atoms with Crippen LogP contribution in [0.4, 0.5) is 20.5 Å². The summed E-state index contributed by atoms with van der Waals surface area (Å²) in [5.74, 6) is -0.0731. The molecule has 2 saturated heterocycles. The second kappa shape index (κ2) is 10.2. The van der Waals surface area contributed by atoms with Gasteiger partial charge in [-0.1, -0.05) is 6.92 Å². The molecule has 0 spiro atoms. The minimum atomic E-state index is -0.678. The predicted molar refractivity (Wildman–Crippen MR) is 148 cm³/mol. The first kappa shape index (κ1) is 26.2. The highest BCUT2D eigenvalue weighted by molar-refractivity contribution is 5.94. The Kier molecular flexibility index (Phi) is 6.69. The van der Waals surface area contributed by atoms with E-state index in [0.29, 0.717) is 34.8 Å². The number of piperazine rings is 1. The molecule has 5 heterocycles. The number of rotatable bonds is 6. The molecule has 3 aromatic heterocycles.